The quantitative estimate of drug-likeness (QED) is 0.746. The van der Waals surface area contributed by atoms with Crippen molar-refractivity contribution >= 4 is 29.2 Å². The molecule has 0 aromatic heterocycles. The molecule has 1 atom stereocenters. The molecule has 0 bridgehead atoms. The number of carbonyl (C=O) groups excluding carboxylic acids is 1. The van der Waals surface area contributed by atoms with Crippen LogP contribution in [0.15, 0.2) is 48.5 Å². The van der Waals surface area contributed by atoms with Crippen LogP contribution in [0.1, 0.15) is 24.5 Å². The number of halogens is 2. The first-order chi connectivity index (χ1) is 10.6. The lowest BCUT2D eigenvalue weighted by Crippen LogP contribution is -2.18. The van der Waals surface area contributed by atoms with Crippen LogP contribution in [-0.4, -0.2) is 12.6 Å². The van der Waals surface area contributed by atoms with Crippen molar-refractivity contribution < 1.29 is 9.53 Å². The van der Waals surface area contributed by atoms with E-state index in [1.165, 1.54) is 0 Å². The van der Waals surface area contributed by atoms with Gasteiger partial charge in [0.05, 0.1) is 12.5 Å². The van der Waals surface area contributed by atoms with Gasteiger partial charge >= 0.3 is 5.97 Å². The van der Waals surface area contributed by atoms with Crippen molar-refractivity contribution in [1.82, 2.24) is 0 Å². The summed E-state index contributed by atoms with van der Waals surface area (Å²) >= 11 is 12.0. The lowest BCUT2D eigenvalue weighted by Gasteiger charge is -2.19. The smallest absolute Gasteiger partial charge is 0.310 e. The Balaban J connectivity index is 2.02. The summed E-state index contributed by atoms with van der Waals surface area (Å²) in [5.74, 6) is -0.304. The summed E-state index contributed by atoms with van der Waals surface area (Å²) < 4.78 is 5.22. The Bertz CT molecular complexity index is 632. The monoisotopic (exact) mass is 334 g/mol. The third kappa shape index (κ3) is 2.62. The van der Waals surface area contributed by atoms with Gasteiger partial charge in [0.25, 0.3) is 0 Å². The molecule has 3 rings (SSSR count). The lowest BCUT2D eigenvalue weighted by atomic mass is 9.86. The van der Waals surface area contributed by atoms with Crippen molar-refractivity contribution in [1.29, 1.82) is 0 Å². The molecule has 1 aliphatic carbocycles. The molecule has 1 aliphatic rings. The molecule has 0 unspecified atom stereocenters. The Hall–Kier alpha value is -1.51. The van der Waals surface area contributed by atoms with E-state index in [1.54, 1.807) is 0 Å². The van der Waals surface area contributed by atoms with Crippen LogP contribution in [0.5, 0.6) is 0 Å². The van der Waals surface area contributed by atoms with Crippen LogP contribution in [0.25, 0.3) is 0 Å². The maximum Gasteiger partial charge on any atom is 0.310 e. The van der Waals surface area contributed by atoms with E-state index in [0.717, 1.165) is 17.5 Å². The van der Waals surface area contributed by atoms with Crippen LogP contribution < -0.4 is 0 Å². The van der Waals surface area contributed by atoms with Gasteiger partial charge in [0.1, 0.15) is 0 Å². The number of benzene rings is 2. The molecule has 0 radical (unpaired) electrons. The standard InChI is InChI=1S/C18H16Cl2O2/c1-2-22-17(21)16-11-18(16,12-3-7-14(19)8-4-12)13-5-9-15(20)10-6-13/h3-10,16H,2,11H2,1H3/t16-/m0/s1. The zero-order valence-corrected chi connectivity index (χ0v) is 13.7. The summed E-state index contributed by atoms with van der Waals surface area (Å²) in [4.78, 5) is 12.2. The summed E-state index contributed by atoms with van der Waals surface area (Å²) in [5.41, 5.74) is 1.83. The molecule has 2 nitrogen and oxygen atoms in total. The predicted octanol–water partition coefficient (Wildman–Crippen LogP) is 4.86. The minimum atomic E-state index is -0.332. The number of ether oxygens (including phenoxy) is 1. The summed E-state index contributed by atoms with van der Waals surface area (Å²) in [6.45, 7) is 2.22. The number of carbonyl (C=O) groups is 1. The molecular weight excluding hydrogens is 319 g/mol. The third-order valence-electron chi connectivity index (χ3n) is 4.25. The average molecular weight is 335 g/mol. The van der Waals surface area contributed by atoms with Gasteiger partial charge in [-0.3, -0.25) is 4.79 Å². The molecule has 22 heavy (non-hydrogen) atoms. The molecule has 2 aromatic carbocycles. The van der Waals surface area contributed by atoms with E-state index in [9.17, 15) is 4.79 Å². The average Bonchev–Trinajstić information content (AvgIpc) is 3.26. The third-order valence-corrected chi connectivity index (χ3v) is 4.75. The molecule has 0 spiro atoms. The van der Waals surface area contributed by atoms with E-state index >= 15 is 0 Å². The topological polar surface area (TPSA) is 26.3 Å². The van der Waals surface area contributed by atoms with Crippen LogP contribution in [0.3, 0.4) is 0 Å². The van der Waals surface area contributed by atoms with Crippen molar-refractivity contribution in [2.75, 3.05) is 6.61 Å². The first-order valence-corrected chi connectivity index (χ1v) is 8.02. The summed E-state index contributed by atoms with van der Waals surface area (Å²) in [6.07, 6.45) is 0.745. The number of hydrogen-bond acceptors (Lipinski definition) is 2. The zero-order valence-electron chi connectivity index (χ0n) is 12.2. The molecule has 1 saturated carbocycles. The van der Waals surface area contributed by atoms with Crippen molar-refractivity contribution in [3.05, 3.63) is 69.7 Å². The molecule has 0 aliphatic heterocycles. The summed E-state index contributed by atoms with van der Waals surface area (Å²) in [7, 11) is 0. The second kappa shape index (κ2) is 5.94. The van der Waals surface area contributed by atoms with Gasteiger partial charge in [-0.15, -0.1) is 0 Å². The second-order valence-electron chi connectivity index (χ2n) is 5.49. The SMILES string of the molecule is CCOC(=O)[C@@H]1CC1(c1ccc(Cl)cc1)c1ccc(Cl)cc1. The summed E-state index contributed by atoms with van der Waals surface area (Å²) in [5, 5.41) is 1.37. The first kappa shape index (κ1) is 15.4. The molecular formula is C18H16Cl2O2. The van der Waals surface area contributed by atoms with E-state index in [-0.39, 0.29) is 17.3 Å². The summed E-state index contributed by atoms with van der Waals surface area (Å²) in [6, 6.07) is 15.4. The highest BCUT2D eigenvalue weighted by Gasteiger charge is 2.61. The highest BCUT2D eigenvalue weighted by Crippen LogP contribution is 2.59. The molecule has 0 N–H and O–H groups in total. The van der Waals surface area contributed by atoms with Gasteiger partial charge in [-0.05, 0) is 48.7 Å². The Kier molecular flexibility index (Phi) is 4.16. The zero-order chi connectivity index (χ0) is 15.7. The maximum atomic E-state index is 12.2. The van der Waals surface area contributed by atoms with Crippen molar-refractivity contribution in [3.8, 4) is 0 Å². The van der Waals surface area contributed by atoms with Gasteiger partial charge in [0.2, 0.25) is 0 Å². The van der Waals surface area contributed by atoms with E-state index in [1.807, 2.05) is 55.5 Å². The minimum Gasteiger partial charge on any atom is -0.466 e. The van der Waals surface area contributed by atoms with Crippen molar-refractivity contribution in [3.63, 3.8) is 0 Å². The number of hydrogen-bond donors (Lipinski definition) is 0. The highest BCUT2D eigenvalue weighted by molar-refractivity contribution is 6.30. The van der Waals surface area contributed by atoms with Crippen LogP contribution in [0.2, 0.25) is 10.0 Å². The van der Waals surface area contributed by atoms with Crippen molar-refractivity contribution in [2.24, 2.45) is 5.92 Å². The van der Waals surface area contributed by atoms with Gasteiger partial charge < -0.3 is 4.74 Å². The molecule has 0 heterocycles. The van der Waals surface area contributed by atoms with E-state index < -0.39 is 0 Å². The van der Waals surface area contributed by atoms with Crippen LogP contribution >= 0.6 is 23.2 Å². The Morgan fingerprint density at radius 1 is 1.05 bits per heavy atom. The fourth-order valence-electron chi connectivity index (χ4n) is 3.09. The van der Waals surface area contributed by atoms with Gasteiger partial charge in [0.15, 0.2) is 0 Å². The molecule has 0 saturated heterocycles. The van der Waals surface area contributed by atoms with Gasteiger partial charge in [0, 0.05) is 15.5 Å². The molecule has 4 heteroatoms. The Morgan fingerprint density at radius 3 is 1.91 bits per heavy atom. The molecule has 114 valence electrons. The van der Waals surface area contributed by atoms with Crippen LogP contribution in [0.4, 0.5) is 0 Å². The number of rotatable bonds is 4. The normalized spacial score (nSPS) is 18.8. The Labute approximate surface area is 140 Å². The van der Waals surface area contributed by atoms with Crippen LogP contribution in [0, 0.1) is 5.92 Å². The Morgan fingerprint density at radius 2 is 1.50 bits per heavy atom. The minimum absolute atomic E-state index is 0.146. The largest absolute Gasteiger partial charge is 0.466 e. The fraction of sp³-hybridized carbons (Fsp3) is 0.278. The van der Waals surface area contributed by atoms with E-state index in [0.29, 0.717) is 16.7 Å². The first-order valence-electron chi connectivity index (χ1n) is 7.26. The van der Waals surface area contributed by atoms with Gasteiger partial charge in [-0.1, -0.05) is 47.5 Å². The maximum absolute atomic E-state index is 12.2. The van der Waals surface area contributed by atoms with E-state index in [2.05, 4.69) is 0 Å². The van der Waals surface area contributed by atoms with Gasteiger partial charge in [-0.2, -0.15) is 0 Å². The van der Waals surface area contributed by atoms with Gasteiger partial charge in [-0.25, -0.2) is 0 Å². The van der Waals surface area contributed by atoms with E-state index in [4.69, 9.17) is 27.9 Å². The van der Waals surface area contributed by atoms with Crippen LogP contribution in [-0.2, 0) is 14.9 Å². The number of esters is 1. The molecule has 1 fully saturated rings. The second-order valence-corrected chi connectivity index (χ2v) is 6.37. The predicted molar refractivity (Wildman–Crippen MR) is 88.4 cm³/mol. The lowest BCUT2D eigenvalue weighted by molar-refractivity contribution is -0.145. The molecule has 2 aromatic rings. The fourth-order valence-corrected chi connectivity index (χ4v) is 3.34. The highest BCUT2D eigenvalue weighted by atomic mass is 35.5. The molecule has 0 amide bonds. The van der Waals surface area contributed by atoms with Crippen molar-refractivity contribution in [2.45, 2.75) is 18.8 Å².